The lowest BCUT2D eigenvalue weighted by atomic mass is 10.1. The maximum Gasteiger partial charge on any atom is 0.162 e. The normalized spacial score (nSPS) is 10.8. The molecule has 4 heteroatoms. The predicted octanol–water partition coefficient (Wildman–Crippen LogP) is 4.51. The van der Waals surface area contributed by atoms with Crippen molar-refractivity contribution in [1.29, 1.82) is 0 Å². The zero-order valence-electron chi connectivity index (χ0n) is 13.0. The van der Waals surface area contributed by atoms with Crippen LogP contribution in [0.2, 0.25) is 0 Å². The first kappa shape index (κ1) is 15.0. The molecule has 0 unspecified atom stereocenters. The van der Waals surface area contributed by atoms with Gasteiger partial charge in [0.25, 0.3) is 0 Å². The molecule has 108 valence electrons. The van der Waals surface area contributed by atoms with Crippen molar-refractivity contribution in [1.82, 2.24) is 9.97 Å². The van der Waals surface area contributed by atoms with Gasteiger partial charge in [-0.15, -0.1) is 11.3 Å². The van der Waals surface area contributed by atoms with E-state index in [4.69, 9.17) is 9.97 Å². The highest BCUT2D eigenvalue weighted by molar-refractivity contribution is 7.12. The molecule has 0 aliphatic heterocycles. The van der Waals surface area contributed by atoms with Crippen molar-refractivity contribution in [3.8, 4) is 11.4 Å². The summed E-state index contributed by atoms with van der Waals surface area (Å²) in [5, 5.41) is 3.44. The lowest BCUT2D eigenvalue weighted by molar-refractivity contribution is 0.938. The van der Waals surface area contributed by atoms with Gasteiger partial charge >= 0.3 is 0 Å². The summed E-state index contributed by atoms with van der Waals surface area (Å²) in [5.74, 6) is 1.85. The summed E-state index contributed by atoms with van der Waals surface area (Å²) >= 11 is 1.80. The Morgan fingerprint density at radius 2 is 1.90 bits per heavy atom. The fourth-order valence-electron chi connectivity index (χ4n) is 2.38. The number of rotatable bonds is 5. The first-order valence-electron chi connectivity index (χ1n) is 7.25. The Hall–Kier alpha value is -1.42. The van der Waals surface area contributed by atoms with Crippen LogP contribution in [0.5, 0.6) is 0 Å². The maximum atomic E-state index is 4.77. The average Bonchev–Trinajstić information content (AvgIpc) is 2.74. The Morgan fingerprint density at radius 1 is 1.15 bits per heavy atom. The second-order valence-corrected chi connectivity index (χ2v) is 6.53. The molecule has 0 fully saturated rings. The molecule has 0 saturated heterocycles. The molecular weight excluding hydrogens is 266 g/mol. The van der Waals surface area contributed by atoms with Crippen LogP contribution in [0, 0.1) is 20.8 Å². The lowest BCUT2D eigenvalue weighted by Crippen LogP contribution is -2.09. The Bertz CT molecular complexity index is 602. The molecule has 0 saturated carbocycles. The summed E-state index contributed by atoms with van der Waals surface area (Å²) in [4.78, 5) is 12.1. The van der Waals surface area contributed by atoms with Crippen LogP contribution >= 0.6 is 11.3 Å². The zero-order chi connectivity index (χ0) is 14.7. The van der Waals surface area contributed by atoms with Crippen molar-refractivity contribution in [3.63, 3.8) is 0 Å². The van der Waals surface area contributed by atoms with E-state index in [0.717, 1.165) is 42.3 Å². The quantitative estimate of drug-likeness (QED) is 0.879. The Labute approximate surface area is 125 Å². The van der Waals surface area contributed by atoms with E-state index in [0.29, 0.717) is 0 Å². The Kier molecular flexibility index (Phi) is 4.76. The van der Waals surface area contributed by atoms with Gasteiger partial charge in [0.15, 0.2) is 5.82 Å². The topological polar surface area (TPSA) is 37.8 Å². The highest BCUT2D eigenvalue weighted by atomic mass is 32.1. The molecule has 0 aliphatic carbocycles. The van der Waals surface area contributed by atoms with Gasteiger partial charge in [-0.2, -0.15) is 0 Å². The third-order valence-electron chi connectivity index (χ3n) is 3.39. The van der Waals surface area contributed by atoms with E-state index in [2.05, 4.69) is 46.0 Å². The van der Waals surface area contributed by atoms with Crippen LogP contribution in [0.15, 0.2) is 6.07 Å². The Morgan fingerprint density at radius 3 is 2.45 bits per heavy atom. The maximum absolute atomic E-state index is 4.77. The van der Waals surface area contributed by atoms with Gasteiger partial charge in [0, 0.05) is 33.1 Å². The fraction of sp³-hybridized carbons (Fsp3) is 0.500. The second kappa shape index (κ2) is 6.35. The van der Waals surface area contributed by atoms with Gasteiger partial charge in [0.05, 0.1) is 0 Å². The summed E-state index contributed by atoms with van der Waals surface area (Å²) in [7, 11) is 0. The van der Waals surface area contributed by atoms with Crippen molar-refractivity contribution >= 4 is 17.2 Å². The second-order valence-electron chi connectivity index (χ2n) is 5.07. The van der Waals surface area contributed by atoms with Crippen molar-refractivity contribution in [2.24, 2.45) is 0 Å². The van der Waals surface area contributed by atoms with Crippen LogP contribution in [-0.2, 0) is 6.42 Å². The smallest absolute Gasteiger partial charge is 0.162 e. The number of aryl methyl sites for hydroxylation is 3. The highest BCUT2D eigenvalue weighted by Crippen LogP contribution is 2.30. The molecule has 3 nitrogen and oxygen atoms in total. The van der Waals surface area contributed by atoms with Gasteiger partial charge < -0.3 is 5.32 Å². The SMILES string of the molecule is CCCNc1nc(-c2cc(C)sc2C)nc(C)c1CC. The van der Waals surface area contributed by atoms with E-state index in [-0.39, 0.29) is 0 Å². The molecule has 0 aliphatic rings. The lowest BCUT2D eigenvalue weighted by Gasteiger charge is -2.13. The number of hydrogen-bond donors (Lipinski definition) is 1. The van der Waals surface area contributed by atoms with Crippen molar-refractivity contribution in [2.75, 3.05) is 11.9 Å². The zero-order valence-corrected chi connectivity index (χ0v) is 13.8. The van der Waals surface area contributed by atoms with E-state index in [1.165, 1.54) is 15.3 Å². The minimum atomic E-state index is 0.847. The van der Waals surface area contributed by atoms with Crippen LogP contribution in [-0.4, -0.2) is 16.5 Å². The summed E-state index contributed by atoms with van der Waals surface area (Å²) in [5.41, 5.74) is 3.48. The number of hydrogen-bond acceptors (Lipinski definition) is 4. The van der Waals surface area contributed by atoms with E-state index in [1.807, 2.05) is 0 Å². The third kappa shape index (κ3) is 3.01. The van der Waals surface area contributed by atoms with Gasteiger partial charge in [0.2, 0.25) is 0 Å². The monoisotopic (exact) mass is 289 g/mol. The first-order valence-corrected chi connectivity index (χ1v) is 8.07. The van der Waals surface area contributed by atoms with Gasteiger partial charge in [0.1, 0.15) is 5.82 Å². The van der Waals surface area contributed by atoms with Crippen molar-refractivity contribution < 1.29 is 0 Å². The highest BCUT2D eigenvalue weighted by Gasteiger charge is 2.14. The predicted molar refractivity (Wildman–Crippen MR) is 87.7 cm³/mol. The van der Waals surface area contributed by atoms with E-state index in [9.17, 15) is 0 Å². The van der Waals surface area contributed by atoms with Gasteiger partial charge in [-0.1, -0.05) is 13.8 Å². The summed E-state index contributed by atoms with van der Waals surface area (Å²) in [6.07, 6.45) is 2.05. The van der Waals surface area contributed by atoms with Crippen molar-refractivity contribution in [3.05, 3.63) is 27.1 Å². The molecule has 0 atom stereocenters. The summed E-state index contributed by atoms with van der Waals surface area (Å²) in [6.45, 7) is 11.6. The summed E-state index contributed by atoms with van der Waals surface area (Å²) in [6, 6.07) is 2.18. The minimum absolute atomic E-state index is 0.847. The third-order valence-corrected chi connectivity index (χ3v) is 4.36. The fourth-order valence-corrected chi connectivity index (χ4v) is 3.30. The van der Waals surface area contributed by atoms with Crippen LogP contribution in [0.1, 0.15) is 41.3 Å². The number of anilines is 1. The summed E-state index contributed by atoms with van der Waals surface area (Å²) < 4.78 is 0. The van der Waals surface area contributed by atoms with Gasteiger partial charge in [-0.25, -0.2) is 9.97 Å². The molecule has 0 bridgehead atoms. The van der Waals surface area contributed by atoms with Crippen LogP contribution in [0.4, 0.5) is 5.82 Å². The first-order chi connectivity index (χ1) is 9.56. The molecule has 0 radical (unpaired) electrons. The molecule has 0 spiro atoms. The number of nitrogens with one attached hydrogen (secondary N) is 1. The number of thiophene rings is 1. The molecule has 2 heterocycles. The molecule has 0 amide bonds. The van der Waals surface area contributed by atoms with Crippen LogP contribution < -0.4 is 5.32 Å². The largest absolute Gasteiger partial charge is 0.370 e. The van der Waals surface area contributed by atoms with Gasteiger partial charge in [-0.3, -0.25) is 0 Å². The minimum Gasteiger partial charge on any atom is -0.370 e. The molecule has 0 aromatic carbocycles. The van der Waals surface area contributed by atoms with Crippen molar-refractivity contribution in [2.45, 2.75) is 47.5 Å². The van der Waals surface area contributed by atoms with Crippen LogP contribution in [0.25, 0.3) is 11.4 Å². The Balaban J connectivity index is 2.49. The molecule has 20 heavy (non-hydrogen) atoms. The van der Waals surface area contributed by atoms with Crippen LogP contribution in [0.3, 0.4) is 0 Å². The average molecular weight is 289 g/mol. The molecule has 2 aromatic heterocycles. The molecule has 2 rings (SSSR count). The van der Waals surface area contributed by atoms with E-state index < -0.39 is 0 Å². The molecule has 1 N–H and O–H groups in total. The van der Waals surface area contributed by atoms with E-state index in [1.54, 1.807) is 11.3 Å². The van der Waals surface area contributed by atoms with E-state index >= 15 is 0 Å². The molecule has 2 aromatic rings. The van der Waals surface area contributed by atoms with Gasteiger partial charge in [-0.05, 0) is 39.7 Å². The number of nitrogens with zero attached hydrogens (tertiary/aromatic N) is 2. The molecular formula is C16H23N3S. The number of aromatic nitrogens is 2. The standard InChI is InChI=1S/C16H23N3S/c1-6-8-17-15-13(7-2)11(4)18-16(19-15)14-9-10(3)20-12(14)5/h9H,6-8H2,1-5H3,(H,17,18,19).